The van der Waals surface area contributed by atoms with Gasteiger partial charge in [-0.1, -0.05) is 40.2 Å². The van der Waals surface area contributed by atoms with E-state index < -0.39 is 0 Å². The summed E-state index contributed by atoms with van der Waals surface area (Å²) in [4.78, 5) is 44.2. The summed E-state index contributed by atoms with van der Waals surface area (Å²) < 4.78 is 6.50. The summed E-state index contributed by atoms with van der Waals surface area (Å²) in [5, 5.41) is 15.5. The van der Waals surface area contributed by atoms with Gasteiger partial charge in [-0.3, -0.25) is 19.4 Å². The minimum Gasteiger partial charge on any atom is -0.506 e. The van der Waals surface area contributed by atoms with Crippen LogP contribution in [0.25, 0.3) is 10.4 Å². The Kier molecular flexibility index (Phi) is 10.3. The number of aliphatic imine (C=N–C) groups is 1. The molecule has 2 N–H and O–H groups in total. The Hall–Kier alpha value is -3.44. The topological polar surface area (TPSA) is 105 Å². The maximum Gasteiger partial charge on any atom is 0.251 e. The molecular weight excluding hydrogens is 648 g/mol. The fourth-order valence-corrected chi connectivity index (χ4v) is 6.90. The maximum atomic E-state index is 12.8. The van der Waals surface area contributed by atoms with Crippen molar-refractivity contribution in [2.24, 2.45) is 4.99 Å². The van der Waals surface area contributed by atoms with Gasteiger partial charge in [0, 0.05) is 46.3 Å². The van der Waals surface area contributed by atoms with Crippen LogP contribution in [-0.2, 0) is 11.2 Å². The van der Waals surface area contributed by atoms with Crippen LogP contribution in [0, 0.1) is 0 Å². The lowest BCUT2D eigenvalue weighted by atomic mass is 10.0. The minimum absolute atomic E-state index is 0.0363. The van der Waals surface area contributed by atoms with E-state index in [9.17, 15) is 19.5 Å². The molecule has 1 aliphatic heterocycles. The Morgan fingerprint density at radius 2 is 1.74 bits per heavy atom. The van der Waals surface area contributed by atoms with Crippen molar-refractivity contribution < 1.29 is 24.2 Å². The summed E-state index contributed by atoms with van der Waals surface area (Å²) >= 11 is 6.02. The number of hydrogen-bond acceptors (Lipinski definition) is 8. The molecule has 10 heteroatoms. The largest absolute Gasteiger partial charge is 0.506 e. The molecule has 3 heterocycles. The Bertz CT molecular complexity index is 1630. The fourth-order valence-electron chi connectivity index (χ4n) is 4.72. The lowest BCUT2D eigenvalue weighted by molar-refractivity contribution is 0.0857. The molecule has 1 amide bonds. The molecule has 0 radical (unpaired) electrons. The summed E-state index contributed by atoms with van der Waals surface area (Å²) in [7, 11) is 0. The molecule has 43 heavy (non-hydrogen) atoms. The van der Waals surface area contributed by atoms with Crippen molar-refractivity contribution in [3.8, 4) is 16.2 Å². The van der Waals surface area contributed by atoms with Gasteiger partial charge >= 0.3 is 0 Å². The van der Waals surface area contributed by atoms with E-state index in [1.165, 1.54) is 22.7 Å². The Morgan fingerprint density at radius 1 is 1.02 bits per heavy atom. The minimum atomic E-state index is -0.181. The Labute approximate surface area is 266 Å². The molecule has 0 aliphatic carbocycles. The van der Waals surface area contributed by atoms with E-state index in [0.29, 0.717) is 46.0 Å². The van der Waals surface area contributed by atoms with Crippen molar-refractivity contribution in [3.05, 3.63) is 97.0 Å². The second kappa shape index (κ2) is 14.4. The highest BCUT2D eigenvalue weighted by Crippen LogP contribution is 2.39. The van der Waals surface area contributed by atoms with Gasteiger partial charge in [-0.2, -0.15) is 0 Å². The van der Waals surface area contributed by atoms with E-state index in [1.807, 2.05) is 41.8 Å². The van der Waals surface area contributed by atoms with Crippen LogP contribution in [0.2, 0.25) is 0 Å². The van der Waals surface area contributed by atoms with Gasteiger partial charge in [-0.25, -0.2) is 0 Å². The molecule has 1 unspecified atom stereocenters. The van der Waals surface area contributed by atoms with Gasteiger partial charge in [-0.05, 0) is 73.7 Å². The second-order valence-corrected chi connectivity index (χ2v) is 13.2. The van der Waals surface area contributed by atoms with Gasteiger partial charge < -0.3 is 15.2 Å². The molecule has 1 fully saturated rings. The van der Waals surface area contributed by atoms with Crippen molar-refractivity contribution in [3.63, 3.8) is 0 Å². The molecule has 2 aromatic carbocycles. The van der Waals surface area contributed by atoms with Crippen LogP contribution >= 0.6 is 38.6 Å². The Balaban J connectivity index is 1.11. The van der Waals surface area contributed by atoms with E-state index in [0.717, 1.165) is 39.9 Å². The molecule has 0 spiro atoms. The van der Waals surface area contributed by atoms with Crippen molar-refractivity contribution in [1.82, 2.24) is 5.32 Å². The summed E-state index contributed by atoms with van der Waals surface area (Å²) in [6.07, 6.45) is 2.93. The first kappa shape index (κ1) is 31.0. The van der Waals surface area contributed by atoms with Crippen molar-refractivity contribution >= 4 is 61.8 Å². The average Bonchev–Trinajstić information content (AvgIpc) is 3.80. The van der Waals surface area contributed by atoms with Gasteiger partial charge in [0.2, 0.25) is 0 Å². The van der Waals surface area contributed by atoms with Crippen LogP contribution in [-0.4, -0.2) is 54.1 Å². The maximum absolute atomic E-state index is 12.8. The number of amides is 1. The van der Waals surface area contributed by atoms with E-state index in [2.05, 4.69) is 26.2 Å². The predicted octanol–water partition coefficient (Wildman–Crippen LogP) is 7.36. The smallest absolute Gasteiger partial charge is 0.251 e. The number of hydrogen-bond donors (Lipinski definition) is 2. The number of nitrogens with zero attached hydrogens (tertiary/aromatic N) is 1. The van der Waals surface area contributed by atoms with Gasteiger partial charge in [0.1, 0.15) is 12.3 Å². The third-order valence-corrected chi connectivity index (χ3v) is 9.96. The summed E-state index contributed by atoms with van der Waals surface area (Å²) in [5.74, 6) is -0.200. The van der Waals surface area contributed by atoms with E-state index in [4.69, 9.17) is 4.74 Å². The third kappa shape index (κ3) is 7.94. The molecule has 7 nitrogen and oxygen atoms in total. The van der Waals surface area contributed by atoms with E-state index in [-0.39, 0.29) is 35.9 Å². The molecule has 1 saturated heterocycles. The number of rotatable bonds is 12. The van der Waals surface area contributed by atoms with Crippen LogP contribution in [0.5, 0.6) is 5.75 Å². The van der Waals surface area contributed by atoms with Gasteiger partial charge in [0.15, 0.2) is 11.6 Å². The second-order valence-electron chi connectivity index (χ2n) is 10.3. The van der Waals surface area contributed by atoms with Crippen molar-refractivity contribution in [2.75, 3.05) is 19.7 Å². The monoisotopic (exact) mass is 678 g/mol. The van der Waals surface area contributed by atoms with Crippen LogP contribution < -0.4 is 5.32 Å². The van der Waals surface area contributed by atoms with E-state index in [1.54, 1.807) is 31.2 Å². The lowest BCUT2D eigenvalue weighted by Crippen LogP contribution is -2.31. The van der Waals surface area contributed by atoms with E-state index >= 15 is 0 Å². The number of ketones is 2. The highest BCUT2D eigenvalue weighted by molar-refractivity contribution is 9.10. The molecule has 4 aromatic rings. The number of carbonyl (C=O) groups is 3. The number of Topliss-reactive ketones (excluding diaryl/α,β-unsaturated/α-hetero) is 2. The highest BCUT2D eigenvalue weighted by Gasteiger charge is 2.18. The van der Waals surface area contributed by atoms with Crippen molar-refractivity contribution in [1.29, 1.82) is 0 Å². The van der Waals surface area contributed by atoms with Crippen LogP contribution in [0.1, 0.15) is 67.0 Å². The molecular formula is C33H31BrN2O5S2. The molecule has 1 aliphatic rings. The molecule has 5 rings (SSSR count). The first-order chi connectivity index (χ1) is 20.8. The SMILES string of the molecule is CC(=NCC(=O)c1ccc(C(=O)CCc2ccc(C(=O)NCC3CCCO3)cc2)s1)c1csc(-c2ccc(Br)cc2)c1O. The first-order valence-corrected chi connectivity index (χ1v) is 16.5. The third-order valence-electron chi connectivity index (χ3n) is 7.25. The van der Waals surface area contributed by atoms with Gasteiger partial charge in [0.05, 0.1) is 20.7 Å². The zero-order valence-corrected chi connectivity index (χ0v) is 26.8. The number of nitrogens with one attached hydrogen (secondary N) is 1. The van der Waals surface area contributed by atoms with Crippen LogP contribution in [0.4, 0.5) is 0 Å². The Morgan fingerprint density at radius 3 is 2.44 bits per heavy atom. The highest BCUT2D eigenvalue weighted by atomic mass is 79.9. The summed E-state index contributed by atoms with van der Waals surface area (Å²) in [6.45, 7) is 2.96. The number of ether oxygens (including phenoxy) is 1. The lowest BCUT2D eigenvalue weighted by Gasteiger charge is -2.11. The normalized spacial score (nSPS) is 15.0. The number of thiophene rings is 2. The first-order valence-electron chi connectivity index (χ1n) is 14.0. The number of aryl methyl sites for hydroxylation is 1. The quantitative estimate of drug-likeness (QED) is 0.120. The predicted molar refractivity (Wildman–Crippen MR) is 175 cm³/mol. The van der Waals surface area contributed by atoms with Crippen LogP contribution in [0.3, 0.4) is 0 Å². The molecule has 1 atom stereocenters. The van der Waals surface area contributed by atoms with Gasteiger partial charge in [0.25, 0.3) is 5.91 Å². The van der Waals surface area contributed by atoms with Gasteiger partial charge in [-0.15, -0.1) is 22.7 Å². The zero-order valence-electron chi connectivity index (χ0n) is 23.6. The molecule has 222 valence electrons. The standard InChI is InChI=1S/C33H31BrN2O5S2/c1-20(26-19-42-32(31(26)39)22-9-11-24(34)12-10-22)35-18-28(38)30-15-14-29(43-30)27(37)13-6-21-4-7-23(8-5-21)33(40)36-17-25-3-2-16-41-25/h4-5,7-12,14-15,19,25,39H,2-3,6,13,16-18H2,1H3,(H,36,40). The zero-order chi connectivity index (χ0) is 30.3. The van der Waals surface area contributed by atoms with Crippen LogP contribution in [0.15, 0.2) is 75.5 Å². The fraction of sp³-hybridized carbons (Fsp3) is 0.273. The molecule has 0 saturated carbocycles. The molecule has 0 bridgehead atoms. The number of benzene rings is 2. The average molecular weight is 680 g/mol. The van der Waals surface area contributed by atoms with Crippen molar-refractivity contribution in [2.45, 2.75) is 38.7 Å². The summed E-state index contributed by atoms with van der Waals surface area (Å²) in [6, 6.07) is 18.3. The number of halogens is 1. The number of aromatic hydroxyl groups is 1. The molecule has 2 aromatic heterocycles. The number of carbonyl (C=O) groups excluding carboxylic acids is 3. The summed E-state index contributed by atoms with van der Waals surface area (Å²) in [5.41, 5.74) is 3.62.